The van der Waals surface area contributed by atoms with Crippen molar-refractivity contribution in [1.29, 1.82) is 0 Å². The number of aliphatic hydroxyl groups excluding tert-OH is 3. The summed E-state index contributed by atoms with van der Waals surface area (Å²) in [7, 11) is 0. The summed E-state index contributed by atoms with van der Waals surface area (Å²) >= 11 is 2.20. The van der Waals surface area contributed by atoms with E-state index in [1.54, 1.807) is 38.1 Å². The number of nitrogens with zero attached hydrogens (tertiary/aromatic N) is 4. The van der Waals surface area contributed by atoms with Gasteiger partial charge in [-0.25, -0.2) is 19.7 Å². The average Bonchev–Trinajstić information content (AvgIpc) is 3.90. The number of fused-ring (bicyclic) bond motifs is 1. The molecule has 366 valence electrons. The Kier molecular flexibility index (Phi) is 18.7. The highest BCUT2D eigenvalue weighted by Crippen LogP contribution is 2.39. The van der Waals surface area contributed by atoms with Gasteiger partial charge in [-0.05, 0) is 56.7 Å². The number of likely N-dealkylation sites (tertiary alicyclic amines) is 1. The molecule has 7 amide bonds. The lowest BCUT2D eigenvalue weighted by molar-refractivity contribution is -0.185. The molecule has 9 atom stereocenters. The van der Waals surface area contributed by atoms with Gasteiger partial charge in [0.2, 0.25) is 35.4 Å². The van der Waals surface area contributed by atoms with Crippen molar-refractivity contribution in [2.75, 3.05) is 30.3 Å². The maximum absolute atomic E-state index is 13.2. The lowest BCUT2D eigenvalue weighted by Gasteiger charge is -2.42. The van der Waals surface area contributed by atoms with Gasteiger partial charge in [0.05, 0.1) is 24.9 Å². The van der Waals surface area contributed by atoms with Gasteiger partial charge in [0.1, 0.15) is 48.8 Å². The molecule has 1 aromatic carbocycles. The number of aliphatic hydroxyl groups is 3. The van der Waals surface area contributed by atoms with Crippen LogP contribution in [-0.2, 0) is 44.8 Å². The molecule has 5 rings (SSSR count). The van der Waals surface area contributed by atoms with E-state index in [4.69, 9.17) is 9.47 Å². The number of rotatable bonds is 22. The molecule has 2 saturated heterocycles. The summed E-state index contributed by atoms with van der Waals surface area (Å²) in [5.41, 5.74) is 1.85. The predicted molar refractivity (Wildman–Crippen MR) is 249 cm³/mol. The van der Waals surface area contributed by atoms with Crippen LogP contribution in [0.3, 0.4) is 0 Å². The number of benzene rings is 1. The highest BCUT2D eigenvalue weighted by molar-refractivity contribution is 14.1. The van der Waals surface area contributed by atoms with Crippen LogP contribution in [0.4, 0.5) is 16.3 Å². The van der Waals surface area contributed by atoms with Crippen molar-refractivity contribution in [2.45, 2.75) is 126 Å². The van der Waals surface area contributed by atoms with Gasteiger partial charge in [0.15, 0.2) is 17.7 Å². The fourth-order valence-electron chi connectivity index (χ4n) is 7.42. The third kappa shape index (κ3) is 14.0. The second kappa shape index (κ2) is 23.9. The van der Waals surface area contributed by atoms with Crippen molar-refractivity contribution >= 4 is 86.8 Å². The molecule has 2 unspecified atom stereocenters. The Balaban J connectivity index is 0.957. The largest absolute Gasteiger partial charge is 0.445 e. The molecule has 2 aromatic heterocycles. The summed E-state index contributed by atoms with van der Waals surface area (Å²) in [5, 5.41) is 47.7. The SMILES string of the molecule is CCC(C)(I)C1CC(=O)N(CCC(=O)N[C@H](C(=O)N[C@@H](C)C(=O)Nc2ccc(COC(=O)NCCCCC(=O)N[C@@H]3[C@@H](O)[C@H](O)[C@@H](Nc4ncnc5nc[nH]c45)O[C@H]3CO)cc2)C(C)C)C1=O. The number of imidazole rings is 1. The molecule has 24 heteroatoms. The van der Waals surface area contributed by atoms with Crippen LogP contribution in [0.15, 0.2) is 36.9 Å². The van der Waals surface area contributed by atoms with E-state index in [-0.39, 0.29) is 65.9 Å². The minimum Gasteiger partial charge on any atom is -0.445 e. The Morgan fingerprint density at radius 2 is 1.72 bits per heavy atom. The number of hydrogen-bond donors (Lipinski definition) is 10. The molecule has 67 heavy (non-hydrogen) atoms. The van der Waals surface area contributed by atoms with Crippen LogP contribution in [0.2, 0.25) is 0 Å². The van der Waals surface area contributed by atoms with E-state index in [2.05, 4.69) is 74.4 Å². The van der Waals surface area contributed by atoms with Gasteiger partial charge in [0, 0.05) is 41.5 Å². The van der Waals surface area contributed by atoms with E-state index in [9.17, 15) is 48.9 Å². The number of halogens is 1. The number of alkyl carbamates (subject to hydrolysis) is 1. The number of aromatic amines is 1. The van der Waals surface area contributed by atoms with Gasteiger partial charge in [0.25, 0.3) is 0 Å². The lowest BCUT2D eigenvalue weighted by Crippen LogP contribution is -2.65. The number of H-pyrrole nitrogens is 1. The van der Waals surface area contributed by atoms with Crippen LogP contribution >= 0.6 is 22.6 Å². The molecule has 0 aliphatic carbocycles. The summed E-state index contributed by atoms with van der Waals surface area (Å²) in [5.74, 6) is -3.25. The molecule has 2 fully saturated rings. The first-order valence-corrected chi connectivity index (χ1v) is 23.2. The number of nitrogens with one attached hydrogen (secondary N) is 7. The molecule has 2 aliphatic rings. The quantitative estimate of drug-likeness (QED) is 0.0287. The Morgan fingerprint density at radius 3 is 2.40 bits per heavy atom. The number of carbonyl (C=O) groups excluding carboxylic acids is 7. The number of alkyl halides is 1. The second-order valence-corrected chi connectivity index (χ2v) is 19.5. The number of unbranched alkanes of at least 4 members (excludes halogenated alkanes) is 1. The molecule has 3 aromatic rings. The number of aromatic nitrogens is 4. The first-order chi connectivity index (χ1) is 31.8. The fourth-order valence-corrected chi connectivity index (χ4v) is 7.91. The third-order valence-electron chi connectivity index (χ3n) is 11.7. The van der Waals surface area contributed by atoms with Gasteiger partial charge >= 0.3 is 6.09 Å². The third-order valence-corrected chi connectivity index (χ3v) is 13.2. The fraction of sp³-hybridized carbons (Fsp3) is 0.581. The van der Waals surface area contributed by atoms with Crippen molar-refractivity contribution < 1.29 is 58.4 Å². The molecular formula is C43H60IN11O12. The standard InChI is InChI=1S/C43H60IN11O12/c1-6-43(5,44)26-17-30(59)55(41(26)64)16-14-29(58)52-31(22(2)3)39(63)50-23(4)38(62)51-25-12-10-24(11-13-25)19-66-42(65)45-15-8-7-9-28(57)53-32-27(18-56)67-40(35(61)34(32)60)54-37-33-36(47-20-46-33)48-21-49-37/h10-13,20-23,26-27,31-32,34-35,40,56,60-61H,6-9,14-19H2,1-5H3,(H,45,65)(H,50,63)(H,51,62)(H,52,58)(H,53,57)(H2,46,47,48,49,54)/t23-,26?,27-,31-,32-,34+,35-,40-,43?/m0/s1. The molecule has 0 radical (unpaired) electrons. The van der Waals surface area contributed by atoms with Gasteiger partial charge in [-0.1, -0.05) is 55.5 Å². The molecule has 10 N–H and O–H groups in total. The van der Waals surface area contributed by atoms with Crippen molar-refractivity contribution in [3.05, 3.63) is 42.5 Å². The van der Waals surface area contributed by atoms with E-state index in [1.165, 1.54) is 19.6 Å². The zero-order valence-corrected chi connectivity index (χ0v) is 40.1. The van der Waals surface area contributed by atoms with Crippen molar-refractivity contribution in [1.82, 2.24) is 46.1 Å². The number of imide groups is 1. The molecule has 4 heterocycles. The van der Waals surface area contributed by atoms with Crippen LogP contribution in [0, 0.1) is 11.8 Å². The van der Waals surface area contributed by atoms with Crippen molar-refractivity contribution in [3.63, 3.8) is 0 Å². The maximum atomic E-state index is 13.2. The molecular weight excluding hydrogens is 989 g/mol. The van der Waals surface area contributed by atoms with E-state index >= 15 is 0 Å². The molecule has 23 nitrogen and oxygen atoms in total. The number of amides is 7. The Labute approximate surface area is 400 Å². The number of ether oxygens (including phenoxy) is 2. The van der Waals surface area contributed by atoms with Gasteiger partial charge in [-0.2, -0.15) is 0 Å². The molecule has 2 aliphatic heterocycles. The Morgan fingerprint density at radius 1 is 0.985 bits per heavy atom. The maximum Gasteiger partial charge on any atom is 0.407 e. The first-order valence-electron chi connectivity index (χ1n) is 22.1. The van der Waals surface area contributed by atoms with Gasteiger partial charge < -0.3 is 61.7 Å². The Bertz CT molecular complexity index is 2230. The summed E-state index contributed by atoms with van der Waals surface area (Å²) in [4.78, 5) is 106. The smallest absolute Gasteiger partial charge is 0.407 e. The second-order valence-electron chi connectivity index (χ2n) is 17.0. The van der Waals surface area contributed by atoms with Gasteiger partial charge in [-0.3, -0.25) is 33.7 Å². The molecule has 0 saturated carbocycles. The lowest BCUT2D eigenvalue weighted by atomic mass is 9.90. The van der Waals surface area contributed by atoms with Crippen LogP contribution in [0.5, 0.6) is 0 Å². The molecule has 0 spiro atoms. The highest BCUT2D eigenvalue weighted by Gasteiger charge is 2.47. The minimum absolute atomic E-state index is 0.0203. The van der Waals surface area contributed by atoms with Crippen LogP contribution in [0.1, 0.15) is 78.7 Å². The van der Waals surface area contributed by atoms with Crippen molar-refractivity contribution in [2.24, 2.45) is 11.8 Å². The average molecular weight is 1050 g/mol. The van der Waals surface area contributed by atoms with Crippen molar-refractivity contribution in [3.8, 4) is 0 Å². The summed E-state index contributed by atoms with van der Waals surface area (Å²) in [6, 6.07) is 3.40. The van der Waals surface area contributed by atoms with Crippen LogP contribution in [-0.4, -0.2) is 147 Å². The van der Waals surface area contributed by atoms with E-state index in [1.807, 2.05) is 13.8 Å². The summed E-state index contributed by atoms with van der Waals surface area (Å²) in [6.07, 6.45) is -1.84. The topological polar surface area (TPSA) is 329 Å². The number of carbonyl (C=O) groups is 7. The number of anilines is 2. The van der Waals surface area contributed by atoms with E-state index in [0.717, 1.165) is 4.90 Å². The molecule has 0 bridgehead atoms. The summed E-state index contributed by atoms with van der Waals surface area (Å²) in [6.45, 7) is 8.31. The summed E-state index contributed by atoms with van der Waals surface area (Å²) < 4.78 is 10.7. The zero-order valence-electron chi connectivity index (χ0n) is 37.9. The first kappa shape index (κ1) is 52.4. The van der Waals surface area contributed by atoms with Crippen LogP contribution in [0.25, 0.3) is 11.2 Å². The number of hydrogen-bond acceptors (Lipinski definition) is 16. The Hall–Kier alpha value is -5.57. The predicted octanol–water partition coefficient (Wildman–Crippen LogP) is 0.738. The van der Waals surface area contributed by atoms with E-state index in [0.29, 0.717) is 41.7 Å². The van der Waals surface area contributed by atoms with Gasteiger partial charge in [-0.15, -0.1) is 0 Å². The zero-order chi connectivity index (χ0) is 49.0. The highest BCUT2D eigenvalue weighted by atomic mass is 127. The normalized spacial score (nSPS) is 22.4. The monoisotopic (exact) mass is 1050 g/mol. The minimum atomic E-state index is -1.51. The van der Waals surface area contributed by atoms with E-state index < -0.39 is 84.9 Å². The van der Waals surface area contributed by atoms with Crippen LogP contribution < -0.4 is 31.9 Å².